The lowest BCUT2D eigenvalue weighted by atomic mass is 9.93. The summed E-state index contributed by atoms with van der Waals surface area (Å²) in [7, 11) is 0. The van der Waals surface area contributed by atoms with E-state index in [1.807, 2.05) is 24.4 Å². The van der Waals surface area contributed by atoms with Crippen LogP contribution in [-0.4, -0.2) is 16.7 Å². The quantitative estimate of drug-likeness (QED) is 0.913. The molecule has 0 aromatic carbocycles. The maximum atomic E-state index is 12.3. The van der Waals surface area contributed by atoms with E-state index >= 15 is 0 Å². The Balaban J connectivity index is 1.88. The second kappa shape index (κ2) is 5.88. The van der Waals surface area contributed by atoms with Crippen LogP contribution in [0.5, 0.6) is 0 Å². The minimum Gasteiger partial charge on any atom is -0.345 e. The highest BCUT2D eigenvalue weighted by atomic mass is 32.1. The van der Waals surface area contributed by atoms with Crippen LogP contribution in [0.25, 0.3) is 0 Å². The Bertz CT molecular complexity index is 777. The molecule has 6 heteroatoms. The molecule has 0 aliphatic heterocycles. The molecule has 5 nitrogen and oxygen atoms in total. The number of aromatic amines is 1. The predicted octanol–water partition coefficient (Wildman–Crippen LogP) is 2.45. The molecule has 0 unspecified atom stereocenters. The number of aryl methyl sites for hydroxylation is 1. The SMILES string of the molecule is C[C@H](NC(=O)c1cc2c([nH]c1=O)CCCC2=O)c1cccs1. The van der Waals surface area contributed by atoms with Crippen molar-refractivity contribution in [2.24, 2.45) is 0 Å². The third kappa shape index (κ3) is 2.74. The summed E-state index contributed by atoms with van der Waals surface area (Å²) in [6.45, 7) is 1.86. The number of aromatic nitrogens is 1. The van der Waals surface area contributed by atoms with Gasteiger partial charge >= 0.3 is 0 Å². The number of H-pyrrole nitrogens is 1. The molecule has 2 N–H and O–H groups in total. The number of hydrogen-bond acceptors (Lipinski definition) is 4. The van der Waals surface area contributed by atoms with Crippen LogP contribution in [0.1, 0.15) is 57.1 Å². The van der Waals surface area contributed by atoms with Gasteiger partial charge in [-0.25, -0.2) is 0 Å². The number of fused-ring (bicyclic) bond motifs is 1. The highest BCUT2D eigenvalue weighted by Gasteiger charge is 2.22. The van der Waals surface area contributed by atoms with Crippen molar-refractivity contribution in [2.45, 2.75) is 32.2 Å². The number of pyridine rings is 1. The number of ketones is 1. The first-order valence-corrected chi connectivity index (χ1v) is 8.08. The summed E-state index contributed by atoms with van der Waals surface area (Å²) >= 11 is 1.54. The molecule has 114 valence electrons. The molecule has 2 heterocycles. The first-order valence-electron chi connectivity index (χ1n) is 7.20. The van der Waals surface area contributed by atoms with Crippen LogP contribution < -0.4 is 10.9 Å². The van der Waals surface area contributed by atoms with Crippen molar-refractivity contribution < 1.29 is 9.59 Å². The fourth-order valence-corrected chi connectivity index (χ4v) is 3.36. The lowest BCUT2D eigenvalue weighted by Gasteiger charge is -2.16. The molecule has 2 aromatic heterocycles. The van der Waals surface area contributed by atoms with Crippen LogP contribution >= 0.6 is 11.3 Å². The molecule has 3 rings (SSSR count). The van der Waals surface area contributed by atoms with Crippen molar-refractivity contribution in [1.29, 1.82) is 0 Å². The van der Waals surface area contributed by atoms with E-state index in [1.165, 1.54) is 6.07 Å². The van der Waals surface area contributed by atoms with Crippen molar-refractivity contribution in [1.82, 2.24) is 10.3 Å². The summed E-state index contributed by atoms with van der Waals surface area (Å²) in [6, 6.07) is 5.09. The summed E-state index contributed by atoms with van der Waals surface area (Å²) in [4.78, 5) is 40.0. The Morgan fingerprint density at radius 2 is 2.18 bits per heavy atom. The fourth-order valence-electron chi connectivity index (χ4n) is 2.63. The van der Waals surface area contributed by atoms with E-state index in [2.05, 4.69) is 10.3 Å². The summed E-state index contributed by atoms with van der Waals surface area (Å²) in [5, 5.41) is 4.73. The summed E-state index contributed by atoms with van der Waals surface area (Å²) in [5.74, 6) is -0.471. The molecule has 0 fully saturated rings. The van der Waals surface area contributed by atoms with Gasteiger partial charge in [0.05, 0.1) is 6.04 Å². The monoisotopic (exact) mass is 316 g/mol. The van der Waals surface area contributed by atoms with Gasteiger partial charge in [0.1, 0.15) is 5.56 Å². The van der Waals surface area contributed by atoms with Gasteiger partial charge in [-0.1, -0.05) is 6.07 Å². The maximum Gasteiger partial charge on any atom is 0.261 e. The molecule has 0 radical (unpaired) electrons. The minimum absolute atomic E-state index is 0.00240. The van der Waals surface area contributed by atoms with Crippen LogP contribution in [0.3, 0.4) is 0 Å². The van der Waals surface area contributed by atoms with Crippen LogP contribution in [0.4, 0.5) is 0 Å². The lowest BCUT2D eigenvalue weighted by Crippen LogP contribution is -2.33. The number of thiophene rings is 1. The largest absolute Gasteiger partial charge is 0.345 e. The molecule has 2 aromatic rings. The first-order chi connectivity index (χ1) is 10.6. The summed E-state index contributed by atoms with van der Waals surface area (Å²) in [5.41, 5.74) is 0.672. The Labute approximate surface area is 131 Å². The number of nitrogens with one attached hydrogen (secondary N) is 2. The number of carbonyl (C=O) groups is 2. The zero-order valence-corrected chi connectivity index (χ0v) is 13.0. The number of carbonyl (C=O) groups excluding carboxylic acids is 2. The van der Waals surface area contributed by atoms with Crippen LogP contribution in [0.2, 0.25) is 0 Å². The zero-order chi connectivity index (χ0) is 15.7. The number of amides is 1. The molecule has 1 amide bonds. The smallest absolute Gasteiger partial charge is 0.261 e. The van der Waals surface area contributed by atoms with Gasteiger partial charge < -0.3 is 10.3 Å². The van der Waals surface area contributed by atoms with E-state index in [0.29, 0.717) is 24.1 Å². The van der Waals surface area contributed by atoms with E-state index in [4.69, 9.17) is 0 Å². The molecule has 1 aliphatic rings. The standard InChI is InChI=1S/C16H16N2O3S/c1-9(14-6-3-7-22-14)17-15(20)11-8-10-12(18-16(11)21)4-2-5-13(10)19/h3,6-9H,2,4-5H2,1H3,(H,17,20)(H,18,21)/t9-/m0/s1. The molecule has 0 saturated carbocycles. The predicted molar refractivity (Wildman–Crippen MR) is 84.5 cm³/mol. The van der Waals surface area contributed by atoms with Gasteiger partial charge in [-0.3, -0.25) is 14.4 Å². The van der Waals surface area contributed by atoms with Crippen LogP contribution in [0.15, 0.2) is 28.4 Å². The number of Topliss-reactive ketones (excluding diaryl/α,β-unsaturated/α-hetero) is 1. The summed E-state index contributed by atoms with van der Waals surface area (Å²) in [6.07, 6.45) is 1.87. The molecule has 1 atom stereocenters. The molecule has 22 heavy (non-hydrogen) atoms. The second-order valence-electron chi connectivity index (χ2n) is 5.39. The molecular weight excluding hydrogens is 300 g/mol. The zero-order valence-electron chi connectivity index (χ0n) is 12.1. The average molecular weight is 316 g/mol. The molecule has 0 spiro atoms. The fraction of sp³-hybridized carbons (Fsp3) is 0.312. The van der Waals surface area contributed by atoms with Crippen molar-refractivity contribution in [3.63, 3.8) is 0 Å². The van der Waals surface area contributed by atoms with Crippen molar-refractivity contribution >= 4 is 23.0 Å². The third-order valence-electron chi connectivity index (χ3n) is 3.82. The average Bonchev–Trinajstić information content (AvgIpc) is 3.01. The Morgan fingerprint density at radius 3 is 2.91 bits per heavy atom. The van der Waals surface area contributed by atoms with Crippen molar-refractivity contribution in [3.8, 4) is 0 Å². The maximum absolute atomic E-state index is 12.3. The highest BCUT2D eigenvalue weighted by molar-refractivity contribution is 7.10. The van der Waals surface area contributed by atoms with Crippen molar-refractivity contribution in [3.05, 3.63) is 55.6 Å². The highest BCUT2D eigenvalue weighted by Crippen LogP contribution is 2.20. The molecule has 0 saturated heterocycles. The van der Waals surface area contributed by atoms with Gasteiger partial charge in [0.25, 0.3) is 11.5 Å². The van der Waals surface area contributed by atoms with Gasteiger partial charge in [-0.2, -0.15) is 0 Å². The molecule has 1 aliphatic carbocycles. The van der Waals surface area contributed by atoms with E-state index in [-0.39, 0.29) is 17.4 Å². The third-order valence-corrected chi connectivity index (χ3v) is 4.87. The second-order valence-corrected chi connectivity index (χ2v) is 6.37. The Kier molecular flexibility index (Phi) is 3.94. The van der Waals surface area contributed by atoms with Crippen LogP contribution in [-0.2, 0) is 6.42 Å². The minimum atomic E-state index is -0.455. The van der Waals surface area contributed by atoms with E-state index < -0.39 is 11.5 Å². The summed E-state index contributed by atoms with van der Waals surface area (Å²) < 4.78 is 0. The van der Waals surface area contributed by atoms with Gasteiger partial charge in [-0.05, 0) is 37.3 Å². The Morgan fingerprint density at radius 1 is 1.36 bits per heavy atom. The van der Waals surface area contributed by atoms with Crippen LogP contribution in [0, 0.1) is 0 Å². The normalized spacial score (nSPS) is 15.2. The topological polar surface area (TPSA) is 79.0 Å². The van der Waals surface area contributed by atoms with E-state index in [1.54, 1.807) is 11.3 Å². The van der Waals surface area contributed by atoms with Gasteiger partial charge in [-0.15, -0.1) is 11.3 Å². The molecular formula is C16H16N2O3S. The number of hydrogen-bond donors (Lipinski definition) is 2. The van der Waals surface area contributed by atoms with Gasteiger partial charge in [0.15, 0.2) is 5.78 Å². The lowest BCUT2D eigenvalue weighted by molar-refractivity contribution is 0.0939. The number of rotatable bonds is 3. The van der Waals surface area contributed by atoms with E-state index in [9.17, 15) is 14.4 Å². The van der Waals surface area contributed by atoms with E-state index in [0.717, 1.165) is 11.3 Å². The van der Waals surface area contributed by atoms with Gasteiger partial charge in [0.2, 0.25) is 0 Å². The Hall–Kier alpha value is -2.21. The van der Waals surface area contributed by atoms with Crippen molar-refractivity contribution in [2.75, 3.05) is 0 Å². The first kappa shape index (κ1) is 14.7. The molecule has 0 bridgehead atoms. The van der Waals surface area contributed by atoms with Gasteiger partial charge in [0, 0.05) is 22.6 Å².